The van der Waals surface area contributed by atoms with Crippen LogP contribution in [0.25, 0.3) is 5.69 Å². The van der Waals surface area contributed by atoms with Gasteiger partial charge < -0.3 is 10.1 Å². The second-order valence-corrected chi connectivity index (χ2v) is 8.68. The predicted molar refractivity (Wildman–Crippen MR) is 129 cm³/mol. The number of amides is 1. The largest absolute Gasteiger partial charge is 0.416 e. The lowest BCUT2D eigenvalue weighted by atomic mass is 10.1. The van der Waals surface area contributed by atoms with Crippen molar-refractivity contribution < 1.29 is 22.7 Å². The van der Waals surface area contributed by atoms with E-state index in [1.54, 1.807) is 18.2 Å². The summed E-state index contributed by atoms with van der Waals surface area (Å²) in [5.41, 5.74) is -1.64. The molecule has 1 amide bonds. The Morgan fingerprint density at radius 2 is 1.78 bits per heavy atom. The van der Waals surface area contributed by atoms with Gasteiger partial charge in [0.05, 0.1) is 31.0 Å². The summed E-state index contributed by atoms with van der Waals surface area (Å²) >= 11 is 0. The van der Waals surface area contributed by atoms with Crippen LogP contribution in [0.2, 0.25) is 0 Å². The molecule has 3 aromatic rings. The number of carbonyl (C=O) groups excluding carboxylic acids is 1. The monoisotopic (exact) mass is 517 g/mol. The summed E-state index contributed by atoms with van der Waals surface area (Å²) in [6.07, 6.45) is -4.52. The third-order valence-electron chi connectivity index (χ3n) is 5.96. The third kappa shape index (κ3) is 6.33. The van der Waals surface area contributed by atoms with Crippen molar-refractivity contribution in [1.29, 1.82) is 0 Å². The van der Waals surface area contributed by atoms with Crippen molar-refractivity contribution in [2.24, 2.45) is 0 Å². The van der Waals surface area contributed by atoms with Crippen molar-refractivity contribution in [1.82, 2.24) is 24.6 Å². The first kappa shape index (κ1) is 26.3. The van der Waals surface area contributed by atoms with Crippen molar-refractivity contribution in [3.8, 4) is 5.69 Å². The molecule has 2 aromatic carbocycles. The zero-order valence-electron chi connectivity index (χ0n) is 20.1. The van der Waals surface area contributed by atoms with Crippen molar-refractivity contribution >= 4 is 5.91 Å². The summed E-state index contributed by atoms with van der Waals surface area (Å²) in [5, 5.41) is 6.75. The van der Waals surface area contributed by atoms with E-state index in [2.05, 4.69) is 15.3 Å². The van der Waals surface area contributed by atoms with Crippen LogP contribution in [0.5, 0.6) is 0 Å². The maximum atomic E-state index is 13.3. The maximum absolute atomic E-state index is 13.3. The van der Waals surface area contributed by atoms with Gasteiger partial charge >= 0.3 is 11.9 Å². The van der Waals surface area contributed by atoms with Crippen molar-refractivity contribution in [3.63, 3.8) is 0 Å². The van der Waals surface area contributed by atoms with E-state index in [1.165, 1.54) is 12.1 Å². The van der Waals surface area contributed by atoms with Crippen LogP contribution in [-0.2, 0) is 17.5 Å². The highest BCUT2D eigenvalue weighted by atomic mass is 19.4. The number of alkyl halides is 3. The molecule has 0 atom stereocenters. The van der Waals surface area contributed by atoms with Gasteiger partial charge in [-0.05, 0) is 42.3 Å². The minimum absolute atomic E-state index is 0.252. The number of ether oxygens (including phenoxy) is 1. The number of nitrogens with zero attached hydrogens (tertiary/aromatic N) is 4. The third-order valence-corrected chi connectivity index (χ3v) is 5.96. The summed E-state index contributed by atoms with van der Waals surface area (Å²) < 4.78 is 45.9. The Hall–Kier alpha value is -3.77. The maximum Gasteiger partial charge on any atom is 0.416 e. The zero-order valence-corrected chi connectivity index (χ0v) is 20.1. The molecule has 0 bridgehead atoms. The Bertz CT molecular complexity index is 1380. The van der Waals surface area contributed by atoms with Crippen LogP contribution in [-0.4, -0.2) is 64.5 Å². The van der Waals surface area contributed by atoms with Crippen molar-refractivity contribution in [2.45, 2.75) is 19.6 Å². The van der Waals surface area contributed by atoms with Crippen LogP contribution in [0.3, 0.4) is 0 Å². The van der Waals surface area contributed by atoms with Gasteiger partial charge in [0.1, 0.15) is 0 Å². The number of hydrogen-bond acceptors (Lipinski definition) is 6. The van der Waals surface area contributed by atoms with E-state index in [0.717, 1.165) is 40.0 Å². The molecular weight excluding hydrogens is 491 g/mol. The Kier molecular flexibility index (Phi) is 7.89. The smallest absolute Gasteiger partial charge is 0.379 e. The van der Waals surface area contributed by atoms with Gasteiger partial charge in [0.25, 0.3) is 11.5 Å². The van der Waals surface area contributed by atoms with E-state index in [9.17, 15) is 27.6 Å². The number of benzene rings is 2. The first-order valence-corrected chi connectivity index (χ1v) is 11.7. The topological polar surface area (TPSA) is 98.5 Å². The van der Waals surface area contributed by atoms with Crippen molar-refractivity contribution in [2.75, 3.05) is 39.4 Å². The summed E-state index contributed by atoms with van der Waals surface area (Å²) in [7, 11) is 0. The second-order valence-electron chi connectivity index (χ2n) is 8.68. The molecule has 0 aliphatic carbocycles. The van der Waals surface area contributed by atoms with Gasteiger partial charge in [0, 0.05) is 26.2 Å². The van der Waals surface area contributed by atoms with Gasteiger partial charge in [-0.3, -0.25) is 19.1 Å². The molecule has 0 unspecified atom stereocenters. The van der Waals surface area contributed by atoms with Gasteiger partial charge in [0.2, 0.25) is 5.69 Å². The molecule has 0 spiro atoms. The van der Waals surface area contributed by atoms with E-state index < -0.39 is 34.6 Å². The van der Waals surface area contributed by atoms with Crippen LogP contribution >= 0.6 is 0 Å². The highest BCUT2D eigenvalue weighted by Gasteiger charge is 2.30. The molecule has 2 heterocycles. The molecule has 12 heteroatoms. The number of halogens is 3. The van der Waals surface area contributed by atoms with Crippen LogP contribution in [0.15, 0.2) is 58.1 Å². The minimum atomic E-state index is -4.52. The number of nitrogens with one attached hydrogen (secondary N) is 1. The number of carbonyl (C=O) groups is 1. The molecule has 4 rings (SSSR count). The van der Waals surface area contributed by atoms with Crippen LogP contribution in [0.1, 0.15) is 27.2 Å². The summed E-state index contributed by atoms with van der Waals surface area (Å²) in [4.78, 5) is 41.5. The van der Waals surface area contributed by atoms with E-state index in [4.69, 9.17) is 4.74 Å². The Morgan fingerprint density at radius 1 is 1.08 bits per heavy atom. The fourth-order valence-electron chi connectivity index (χ4n) is 3.94. The Balaban J connectivity index is 1.67. The van der Waals surface area contributed by atoms with Crippen LogP contribution < -0.4 is 16.6 Å². The first-order chi connectivity index (χ1) is 17.6. The Labute approximate surface area is 210 Å². The minimum Gasteiger partial charge on any atom is -0.379 e. The summed E-state index contributed by atoms with van der Waals surface area (Å²) in [6.45, 7) is 4.94. The summed E-state index contributed by atoms with van der Waals surface area (Å²) in [5.74, 6) is -0.749. The molecule has 196 valence electrons. The number of rotatable bonds is 7. The van der Waals surface area contributed by atoms with E-state index >= 15 is 0 Å². The zero-order chi connectivity index (χ0) is 26.6. The Morgan fingerprint density at radius 3 is 2.43 bits per heavy atom. The number of hydrogen-bond donors (Lipinski definition) is 1. The lowest BCUT2D eigenvalue weighted by molar-refractivity contribution is -0.137. The van der Waals surface area contributed by atoms with Gasteiger partial charge in [-0.2, -0.15) is 23.0 Å². The van der Waals surface area contributed by atoms with E-state index in [0.29, 0.717) is 25.4 Å². The van der Waals surface area contributed by atoms with Crippen LogP contribution in [0, 0.1) is 6.92 Å². The average molecular weight is 518 g/mol. The molecule has 1 saturated heterocycles. The highest BCUT2D eigenvalue weighted by Crippen LogP contribution is 2.29. The first-order valence-electron chi connectivity index (χ1n) is 11.7. The molecule has 37 heavy (non-hydrogen) atoms. The molecule has 1 N–H and O–H groups in total. The lowest BCUT2D eigenvalue weighted by Gasteiger charge is -2.26. The lowest BCUT2D eigenvalue weighted by Crippen LogP contribution is -2.47. The fraction of sp³-hybridized carbons (Fsp3) is 0.360. The average Bonchev–Trinajstić information content (AvgIpc) is 2.87. The normalized spacial score (nSPS) is 14.5. The fourth-order valence-corrected chi connectivity index (χ4v) is 3.94. The van der Waals surface area contributed by atoms with E-state index in [1.807, 2.05) is 13.0 Å². The quantitative estimate of drug-likeness (QED) is 0.514. The van der Waals surface area contributed by atoms with Gasteiger partial charge in [-0.15, -0.1) is 0 Å². The van der Waals surface area contributed by atoms with Gasteiger partial charge in [0.15, 0.2) is 0 Å². The standard InChI is InChI=1S/C25H26F3N5O4/c1-17-3-2-4-20(15-17)33-24(36)32(16-18-5-7-19(8-6-18)25(26,27)28)23(35)21(30-33)22(34)29-9-10-31-11-13-37-14-12-31/h2-8,15H,9-14,16H2,1H3,(H,29,34). The highest BCUT2D eigenvalue weighted by molar-refractivity contribution is 5.91. The van der Waals surface area contributed by atoms with Gasteiger partial charge in [-0.25, -0.2) is 4.79 Å². The number of aryl methyl sites for hydroxylation is 1. The molecule has 9 nitrogen and oxygen atoms in total. The molecule has 0 radical (unpaired) electrons. The molecule has 1 aliphatic heterocycles. The molecule has 0 saturated carbocycles. The predicted octanol–water partition coefficient (Wildman–Crippen LogP) is 1.83. The van der Waals surface area contributed by atoms with Crippen molar-refractivity contribution in [3.05, 3.63) is 91.8 Å². The second kappa shape index (κ2) is 11.1. The number of aromatic nitrogens is 3. The van der Waals surface area contributed by atoms with E-state index in [-0.39, 0.29) is 18.7 Å². The molecular formula is C25H26F3N5O4. The summed E-state index contributed by atoms with van der Waals surface area (Å²) in [6, 6.07) is 10.9. The van der Waals surface area contributed by atoms with Crippen LogP contribution in [0.4, 0.5) is 13.2 Å². The molecule has 1 fully saturated rings. The number of morpholine rings is 1. The van der Waals surface area contributed by atoms with Gasteiger partial charge in [-0.1, -0.05) is 24.3 Å². The molecule has 1 aliphatic rings. The molecule has 1 aromatic heterocycles. The SMILES string of the molecule is Cc1cccc(-n2nc(C(=O)NCCN3CCOCC3)c(=O)n(Cc3ccc(C(F)(F)F)cc3)c2=O)c1.